The lowest BCUT2D eigenvalue weighted by atomic mass is 10.7. The number of rotatable bonds is 0. The van der Waals surface area contributed by atoms with E-state index in [0.717, 1.165) is 0 Å². The molecule has 0 aromatic carbocycles. The largest absolute Gasteiger partial charge is 0.473 e. The predicted molar refractivity (Wildman–Crippen MR) is 110 cm³/mol. The fraction of sp³-hybridized carbons (Fsp3) is 0. The van der Waals surface area contributed by atoms with E-state index in [9.17, 15) is 0 Å². The zero-order valence-electron chi connectivity index (χ0n) is 16.0. The monoisotopic (exact) mass is 409 g/mol. The molecule has 0 aliphatic heterocycles. The van der Waals surface area contributed by atoms with Crippen LogP contribution in [0.2, 0.25) is 0 Å². The van der Waals surface area contributed by atoms with E-state index < -0.39 is 0 Å². The number of hydrogen-bond donors (Lipinski definition) is 4. The fourth-order valence-electron chi connectivity index (χ4n) is 1.28. The van der Waals surface area contributed by atoms with Crippen LogP contribution in [0.25, 0.3) is 0 Å². The second kappa shape index (κ2) is 20.6. The first-order chi connectivity index (χ1) is 15.0. The maximum absolute atomic E-state index is 4.58. The van der Waals surface area contributed by atoms with Crippen LogP contribution in [0.15, 0.2) is 127 Å². The van der Waals surface area contributed by atoms with Gasteiger partial charge in [-0.2, -0.15) is 10.2 Å². The molecular weight excluding hydrogens is 386 g/mol. The molecule has 0 fully saturated rings. The average molecular weight is 409 g/mol. The number of imidazole rings is 1. The zero-order chi connectivity index (χ0) is 21.2. The number of furan rings is 1. The van der Waals surface area contributed by atoms with Gasteiger partial charge >= 0.3 is 0 Å². The first kappa shape index (κ1) is 23.4. The molecule has 30 heavy (non-hydrogen) atoms. The Morgan fingerprint density at radius 3 is 1.60 bits per heavy atom. The summed E-state index contributed by atoms with van der Waals surface area (Å²) in [5.41, 5.74) is 0. The highest BCUT2D eigenvalue weighted by Gasteiger charge is 1.60. The van der Waals surface area contributed by atoms with Crippen molar-refractivity contribution >= 4 is 0 Å². The highest BCUT2D eigenvalue weighted by atomic mass is 16.3. The lowest BCUT2D eigenvalue weighted by molar-refractivity contribution is 0.558. The third-order valence-electron chi connectivity index (χ3n) is 2.41. The van der Waals surface area contributed by atoms with Gasteiger partial charge in [0, 0.05) is 37.2 Å². The molecule has 0 aliphatic carbocycles. The molecule has 0 atom stereocenters. The standard InChI is InChI=1S/C4H5N.C4H4O.2C3H4N2.C3H3NO.C2H3N3/c2*1-2-4-5-3-1;1-2-5-3-4-1;1-2-4-5-3-1;1-2-5-3-4-1;1-3-2-5-4-1/h1-5H;1-4H;2*1-3H,(H,4,5);1-3H;1-2H,(H,3,4,5). The van der Waals surface area contributed by atoms with Gasteiger partial charge in [0.15, 0.2) is 6.39 Å². The van der Waals surface area contributed by atoms with E-state index in [1.165, 1.54) is 25.3 Å². The normalized spacial score (nSPS) is 8.00. The van der Waals surface area contributed by atoms with Gasteiger partial charge in [-0.05, 0) is 30.3 Å². The van der Waals surface area contributed by atoms with Crippen LogP contribution in [0.5, 0.6) is 0 Å². The summed E-state index contributed by atoms with van der Waals surface area (Å²) in [4.78, 5) is 16.4. The molecule has 6 heterocycles. The maximum atomic E-state index is 4.58. The molecule has 0 saturated heterocycles. The van der Waals surface area contributed by atoms with Gasteiger partial charge in [-0.25, -0.2) is 15.0 Å². The molecule has 6 aromatic rings. The van der Waals surface area contributed by atoms with Crippen molar-refractivity contribution < 1.29 is 8.83 Å². The Bertz CT molecular complexity index is 579. The van der Waals surface area contributed by atoms with Crippen molar-refractivity contribution in [3.63, 3.8) is 0 Å². The third-order valence-corrected chi connectivity index (χ3v) is 2.41. The number of nitrogens with one attached hydrogen (secondary N) is 4. The van der Waals surface area contributed by atoms with E-state index in [1.807, 2.05) is 42.7 Å². The van der Waals surface area contributed by atoms with Crippen molar-refractivity contribution in [2.24, 2.45) is 0 Å². The molecule has 0 unspecified atom stereocenters. The van der Waals surface area contributed by atoms with E-state index in [-0.39, 0.29) is 0 Å². The highest BCUT2D eigenvalue weighted by Crippen LogP contribution is 1.79. The number of oxazole rings is 1. The summed E-state index contributed by atoms with van der Waals surface area (Å²) in [6.07, 6.45) is 23.0. The molecule has 156 valence electrons. The molecule has 11 heteroatoms. The summed E-state index contributed by atoms with van der Waals surface area (Å²) in [5, 5.41) is 12.2. The maximum Gasteiger partial charge on any atom is 0.180 e. The lowest BCUT2D eigenvalue weighted by Gasteiger charge is -1.50. The summed E-state index contributed by atoms with van der Waals surface area (Å²) in [6.45, 7) is 0. The summed E-state index contributed by atoms with van der Waals surface area (Å²) in [5.74, 6) is 0. The Kier molecular flexibility index (Phi) is 16.1. The van der Waals surface area contributed by atoms with Crippen LogP contribution in [0.4, 0.5) is 0 Å². The Morgan fingerprint density at radius 1 is 0.533 bits per heavy atom. The SMILES string of the molecule is c1c[nH]cn1.c1cc[nH]c1.c1ccoc1.c1cn[nH]c1.c1cocn1.c1nc[nH]n1. The Morgan fingerprint density at radius 2 is 1.40 bits per heavy atom. The van der Waals surface area contributed by atoms with Gasteiger partial charge < -0.3 is 18.8 Å². The van der Waals surface area contributed by atoms with Gasteiger partial charge in [0.05, 0.1) is 25.1 Å². The number of hydrogen-bond acceptors (Lipinski definition) is 7. The summed E-state index contributed by atoms with van der Waals surface area (Å²) < 4.78 is 9.06. The minimum atomic E-state index is 1.38. The van der Waals surface area contributed by atoms with E-state index in [2.05, 4.69) is 54.1 Å². The summed E-state index contributed by atoms with van der Waals surface area (Å²) in [7, 11) is 0. The van der Waals surface area contributed by atoms with Crippen LogP contribution in [0.3, 0.4) is 0 Å². The van der Waals surface area contributed by atoms with Crippen LogP contribution >= 0.6 is 0 Å². The molecule has 0 amide bonds. The Labute approximate surface area is 172 Å². The van der Waals surface area contributed by atoms with Crippen molar-refractivity contribution in [2.45, 2.75) is 0 Å². The minimum absolute atomic E-state index is 1.38. The van der Waals surface area contributed by atoms with Crippen molar-refractivity contribution in [1.29, 1.82) is 0 Å². The smallest absolute Gasteiger partial charge is 0.180 e. The van der Waals surface area contributed by atoms with Crippen molar-refractivity contribution in [1.82, 2.24) is 45.3 Å². The molecule has 0 radical (unpaired) electrons. The van der Waals surface area contributed by atoms with E-state index in [0.29, 0.717) is 0 Å². The lowest BCUT2D eigenvalue weighted by Crippen LogP contribution is -1.53. The van der Waals surface area contributed by atoms with Crippen LogP contribution in [0, 0.1) is 0 Å². The summed E-state index contributed by atoms with van der Waals surface area (Å²) in [6, 6.07) is 9.39. The Balaban J connectivity index is 0.000000180. The van der Waals surface area contributed by atoms with Crippen LogP contribution in [-0.2, 0) is 0 Å². The van der Waals surface area contributed by atoms with E-state index >= 15 is 0 Å². The van der Waals surface area contributed by atoms with E-state index in [1.54, 1.807) is 49.8 Å². The third kappa shape index (κ3) is 18.1. The second-order valence-corrected chi connectivity index (χ2v) is 4.53. The number of aromatic amines is 4. The van der Waals surface area contributed by atoms with Gasteiger partial charge in [-0.15, -0.1) is 0 Å². The number of H-pyrrole nitrogens is 4. The van der Waals surface area contributed by atoms with E-state index in [4.69, 9.17) is 0 Å². The second-order valence-electron chi connectivity index (χ2n) is 4.53. The van der Waals surface area contributed by atoms with Crippen molar-refractivity contribution in [3.05, 3.63) is 118 Å². The first-order valence-corrected chi connectivity index (χ1v) is 8.52. The molecular formula is C19H23N9O2. The average Bonchev–Trinajstić information content (AvgIpc) is 3.69. The molecule has 0 bridgehead atoms. The molecule has 0 saturated carbocycles. The van der Waals surface area contributed by atoms with Gasteiger partial charge in [0.25, 0.3) is 0 Å². The predicted octanol–water partition coefficient (Wildman–Crippen LogP) is 3.59. The van der Waals surface area contributed by atoms with Crippen molar-refractivity contribution in [2.75, 3.05) is 0 Å². The molecule has 4 N–H and O–H groups in total. The molecule has 6 rings (SSSR count). The molecule has 11 nitrogen and oxygen atoms in total. The van der Waals surface area contributed by atoms with Gasteiger partial charge in [-0.1, -0.05) is 0 Å². The van der Waals surface area contributed by atoms with Gasteiger partial charge in [0.2, 0.25) is 0 Å². The minimum Gasteiger partial charge on any atom is -0.473 e. The van der Waals surface area contributed by atoms with Crippen LogP contribution < -0.4 is 0 Å². The fourth-order valence-corrected chi connectivity index (χ4v) is 1.28. The van der Waals surface area contributed by atoms with Gasteiger partial charge in [0.1, 0.15) is 18.9 Å². The quantitative estimate of drug-likeness (QED) is 0.299. The zero-order valence-corrected chi connectivity index (χ0v) is 16.0. The topological polar surface area (TPSA) is 154 Å². The number of nitrogens with zero attached hydrogens (tertiary/aromatic N) is 5. The summed E-state index contributed by atoms with van der Waals surface area (Å²) >= 11 is 0. The first-order valence-electron chi connectivity index (χ1n) is 8.52. The van der Waals surface area contributed by atoms with Crippen molar-refractivity contribution in [3.8, 4) is 0 Å². The molecule has 0 spiro atoms. The molecule has 0 aliphatic rings. The Hall–Kier alpha value is -4.67. The van der Waals surface area contributed by atoms with Crippen LogP contribution in [0.1, 0.15) is 0 Å². The highest BCUT2D eigenvalue weighted by molar-refractivity contribution is 4.84. The van der Waals surface area contributed by atoms with Crippen LogP contribution in [-0.4, -0.2) is 45.3 Å². The number of aromatic nitrogens is 9. The molecule has 6 aromatic heterocycles. The van der Waals surface area contributed by atoms with Gasteiger partial charge in [-0.3, -0.25) is 10.2 Å².